The molecule has 0 spiro atoms. The van der Waals surface area contributed by atoms with Gasteiger partial charge in [-0.3, -0.25) is 4.79 Å². The number of benzene rings is 2. The van der Waals surface area contributed by atoms with E-state index in [0.717, 1.165) is 36.8 Å². The Morgan fingerprint density at radius 2 is 1.86 bits per heavy atom. The minimum absolute atomic E-state index is 0. The van der Waals surface area contributed by atoms with Gasteiger partial charge in [-0.25, -0.2) is 4.79 Å². The van der Waals surface area contributed by atoms with E-state index in [-0.39, 0.29) is 30.0 Å². The zero-order chi connectivity index (χ0) is 19.9. The van der Waals surface area contributed by atoms with Crippen LogP contribution in [0.3, 0.4) is 0 Å². The Bertz CT molecular complexity index is 950. The summed E-state index contributed by atoms with van der Waals surface area (Å²) >= 11 is 0. The van der Waals surface area contributed by atoms with Crippen LogP contribution in [0, 0.1) is 0 Å². The van der Waals surface area contributed by atoms with E-state index in [2.05, 4.69) is 0 Å². The molecule has 1 saturated heterocycles. The molecule has 4 rings (SSSR count). The molecular formula is C22H26ClNO5. The third kappa shape index (κ3) is 4.19. The number of nitrogens with two attached hydrogens (primary N) is 1. The Balaban J connectivity index is 0.00000240. The van der Waals surface area contributed by atoms with Crippen molar-refractivity contribution in [3.63, 3.8) is 0 Å². The smallest absolute Gasteiger partial charge is 0.370 e. The summed E-state index contributed by atoms with van der Waals surface area (Å²) in [5.74, 6) is 0.580. The van der Waals surface area contributed by atoms with Crippen LogP contribution in [-0.4, -0.2) is 30.1 Å². The molecule has 0 saturated carbocycles. The van der Waals surface area contributed by atoms with Gasteiger partial charge >= 0.3 is 11.9 Å². The summed E-state index contributed by atoms with van der Waals surface area (Å²) in [5, 5.41) is 3.57. The lowest BCUT2D eigenvalue weighted by atomic mass is 9.91. The van der Waals surface area contributed by atoms with Crippen LogP contribution < -0.4 is 31.9 Å². The fraction of sp³-hybridized carbons (Fsp3) is 0.455. The van der Waals surface area contributed by atoms with Crippen molar-refractivity contribution in [2.75, 3.05) is 6.54 Å². The molecule has 2 aromatic carbocycles. The minimum atomic E-state index is -0.452. The maximum atomic E-state index is 12.7. The second-order valence-corrected chi connectivity index (χ2v) is 8.16. The lowest BCUT2D eigenvalue weighted by molar-refractivity contribution is -0.658. The van der Waals surface area contributed by atoms with Gasteiger partial charge in [0.15, 0.2) is 17.5 Å². The normalized spacial score (nSPS) is 19.6. The number of quaternary nitrogens is 1. The first kappa shape index (κ1) is 21.4. The second-order valence-electron chi connectivity index (χ2n) is 8.16. The summed E-state index contributed by atoms with van der Waals surface area (Å²) in [6, 6.07) is 7.41. The predicted molar refractivity (Wildman–Crippen MR) is 104 cm³/mol. The van der Waals surface area contributed by atoms with E-state index in [0.29, 0.717) is 29.1 Å². The molecule has 2 heterocycles. The highest BCUT2D eigenvalue weighted by atomic mass is 35.5. The Labute approximate surface area is 176 Å². The van der Waals surface area contributed by atoms with Crippen LogP contribution in [0.25, 0.3) is 10.8 Å². The SMILES string of the molecule is CC(=O)Oc1c2c(c3ccccc3c1OC(=O)C1CCC[NH2+]1)OC(C)(C)CC2.[Cl-]. The number of carbonyl (C=O) groups excluding carboxylic acids is 2. The number of hydrogen-bond acceptors (Lipinski definition) is 5. The first-order chi connectivity index (χ1) is 13.4. The Morgan fingerprint density at radius 1 is 1.14 bits per heavy atom. The highest BCUT2D eigenvalue weighted by Crippen LogP contribution is 2.50. The summed E-state index contributed by atoms with van der Waals surface area (Å²) in [5.41, 5.74) is 0.465. The molecule has 2 aliphatic rings. The van der Waals surface area contributed by atoms with Crippen molar-refractivity contribution in [3.05, 3.63) is 29.8 Å². The summed E-state index contributed by atoms with van der Waals surface area (Å²) in [4.78, 5) is 24.6. The molecule has 0 amide bonds. The molecule has 29 heavy (non-hydrogen) atoms. The van der Waals surface area contributed by atoms with Crippen LogP contribution in [0.15, 0.2) is 24.3 Å². The molecule has 156 valence electrons. The Morgan fingerprint density at radius 3 is 2.52 bits per heavy atom. The molecule has 1 atom stereocenters. The van der Waals surface area contributed by atoms with Gasteiger partial charge in [0.2, 0.25) is 0 Å². The molecule has 7 heteroatoms. The van der Waals surface area contributed by atoms with Crippen molar-refractivity contribution < 1.29 is 41.5 Å². The molecule has 0 aromatic heterocycles. The van der Waals surface area contributed by atoms with E-state index in [9.17, 15) is 9.59 Å². The molecule has 1 unspecified atom stereocenters. The van der Waals surface area contributed by atoms with Gasteiger partial charge in [0.1, 0.15) is 11.4 Å². The number of fused-ring (bicyclic) bond motifs is 3. The van der Waals surface area contributed by atoms with Crippen molar-refractivity contribution >= 4 is 22.7 Å². The lowest BCUT2D eigenvalue weighted by Crippen LogP contribution is -3.00. The van der Waals surface area contributed by atoms with Crippen LogP contribution in [0.1, 0.15) is 45.6 Å². The molecule has 0 radical (unpaired) electrons. The molecule has 0 bridgehead atoms. The molecule has 6 nitrogen and oxygen atoms in total. The van der Waals surface area contributed by atoms with E-state index < -0.39 is 5.97 Å². The molecular weight excluding hydrogens is 394 g/mol. The fourth-order valence-electron chi connectivity index (χ4n) is 4.02. The summed E-state index contributed by atoms with van der Waals surface area (Å²) in [6.45, 7) is 6.36. The summed E-state index contributed by atoms with van der Waals surface area (Å²) in [7, 11) is 0. The van der Waals surface area contributed by atoms with E-state index in [1.54, 1.807) is 0 Å². The van der Waals surface area contributed by atoms with Crippen molar-refractivity contribution in [1.29, 1.82) is 0 Å². The minimum Gasteiger partial charge on any atom is -1.00 e. The van der Waals surface area contributed by atoms with Crippen LogP contribution in [-0.2, 0) is 16.0 Å². The van der Waals surface area contributed by atoms with Crippen LogP contribution in [0.4, 0.5) is 0 Å². The Kier molecular flexibility index (Phi) is 6.05. The number of ether oxygens (including phenoxy) is 3. The number of esters is 2. The predicted octanol–water partition coefficient (Wildman–Crippen LogP) is -0.496. The summed E-state index contributed by atoms with van der Waals surface area (Å²) in [6.07, 6.45) is 3.23. The average Bonchev–Trinajstić information content (AvgIpc) is 3.18. The van der Waals surface area contributed by atoms with E-state index in [1.807, 2.05) is 43.4 Å². The van der Waals surface area contributed by atoms with E-state index >= 15 is 0 Å². The van der Waals surface area contributed by atoms with Gasteiger partial charge in [-0.2, -0.15) is 0 Å². The zero-order valence-corrected chi connectivity index (χ0v) is 17.7. The Hall–Kier alpha value is -2.31. The molecule has 2 aliphatic heterocycles. The van der Waals surface area contributed by atoms with Crippen molar-refractivity contribution in [3.8, 4) is 17.2 Å². The number of halogens is 1. The molecule has 0 aliphatic carbocycles. The maximum absolute atomic E-state index is 12.7. The number of hydrogen-bond donors (Lipinski definition) is 1. The largest absolute Gasteiger partial charge is 1.00 e. The third-order valence-electron chi connectivity index (χ3n) is 5.45. The van der Waals surface area contributed by atoms with Gasteiger partial charge < -0.3 is 31.9 Å². The number of rotatable bonds is 3. The third-order valence-corrected chi connectivity index (χ3v) is 5.45. The second kappa shape index (κ2) is 8.20. The number of carbonyl (C=O) groups is 2. The first-order valence-corrected chi connectivity index (χ1v) is 9.86. The van der Waals surface area contributed by atoms with Gasteiger partial charge in [0, 0.05) is 36.1 Å². The van der Waals surface area contributed by atoms with Gasteiger partial charge in [0.05, 0.1) is 6.54 Å². The highest BCUT2D eigenvalue weighted by Gasteiger charge is 2.35. The molecule has 1 fully saturated rings. The van der Waals surface area contributed by atoms with Gasteiger partial charge in [0.25, 0.3) is 0 Å². The van der Waals surface area contributed by atoms with Crippen LogP contribution >= 0.6 is 0 Å². The summed E-state index contributed by atoms with van der Waals surface area (Å²) < 4.78 is 17.7. The van der Waals surface area contributed by atoms with E-state index in [1.165, 1.54) is 6.92 Å². The lowest BCUT2D eigenvalue weighted by Gasteiger charge is -2.34. The molecule has 2 N–H and O–H groups in total. The van der Waals surface area contributed by atoms with E-state index in [4.69, 9.17) is 14.2 Å². The van der Waals surface area contributed by atoms with Crippen molar-refractivity contribution in [2.24, 2.45) is 0 Å². The van der Waals surface area contributed by atoms with Gasteiger partial charge in [-0.1, -0.05) is 24.3 Å². The van der Waals surface area contributed by atoms with Gasteiger partial charge in [-0.15, -0.1) is 0 Å². The quantitative estimate of drug-likeness (QED) is 0.536. The van der Waals surface area contributed by atoms with Crippen molar-refractivity contribution in [1.82, 2.24) is 0 Å². The fourth-order valence-corrected chi connectivity index (χ4v) is 4.02. The standard InChI is InChI=1S/C22H25NO5.ClH/c1-13(24)26-20-16-10-11-22(2,3)28-18(16)14-7-4-5-8-15(14)19(20)27-21(25)17-9-6-12-23-17;/h4-5,7-8,17,23H,6,9-12H2,1-3H3;1H. The first-order valence-electron chi connectivity index (χ1n) is 9.86. The highest BCUT2D eigenvalue weighted by molar-refractivity contribution is 6.00. The average molecular weight is 420 g/mol. The molecule has 2 aromatic rings. The maximum Gasteiger partial charge on any atom is 0.370 e. The van der Waals surface area contributed by atoms with Crippen LogP contribution in [0.2, 0.25) is 0 Å². The monoisotopic (exact) mass is 419 g/mol. The van der Waals surface area contributed by atoms with Crippen molar-refractivity contribution in [2.45, 2.75) is 58.1 Å². The topological polar surface area (TPSA) is 78.4 Å². The van der Waals surface area contributed by atoms with Crippen LogP contribution in [0.5, 0.6) is 17.2 Å². The zero-order valence-electron chi connectivity index (χ0n) is 16.9. The van der Waals surface area contributed by atoms with Gasteiger partial charge in [-0.05, 0) is 26.7 Å².